The van der Waals surface area contributed by atoms with Crippen LogP contribution < -0.4 is 4.74 Å². The molecule has 1 aliphatic heterocycles. The molecule has 0 saturated heterocycles. The molecule has 0 bridgehead atoms. The molecule has 0 saturated carbocycles. The molecule has 4 rings (SSSR count). The second kappa shape index (κ2) is 7.58. The number of carbonyl (C=O) groups excluding carboxylic acids is 1. The Morgan fingerprint density at radius 2 is 2.04 bits per heavy atom. The molecule has 1 N–H and O–H groups in total. The molecule has 1 aliphatic rings. The number of aromatic amines is 1. The molecule has 28 heavy (non-hydrogen) atoms. The molecule has 146 valence electrons. The minimum atomic E-state index is -0.294. The summed E-state index contributed by atoms with van der Waals surface area (Å²) in [5.74, 6) is 0.352. The number of benzene rings is 1. The number of halogens is 2. The van der Waals surface area contributed by atoms with E-state index in [1.807, 2.05) is 6.07 Å². The van der Waals surface area contributed by atoms with E-state index < -0.39 is 0 Å². The standard InChI is InChI=1S/C19H18Cl2N4O3/c1-27-9-14-15-11-3-4-12(20)16(21)17(11)24-13(15)5-6-25(14)19(26)18-22-7-10(28-2)8-23-18/h3-4,7-8,14,24H,5-6,9H2,1-2H3/t14-/m0/s1. The van der Waals surface area contributed by atoms with Crippen LogP contribution in [0.1, 0.15) is 27.9 Å². The maximum absolute atomic E-state index is 13.1. The average molecular weight is 421 g/mol. The first-order chi connectivity index (χ1) is 13.5. The summed E-state index contributed by atoms with van der Waals surface area (Å²) in [6, 6.07) is 3.38. The van der Waals surface area contributed by atoms with Gasteiger partial charge in [-0.1, -0.05) is 29.3 Å². The van der Waals surface area contributed by atoms with Crippen LogP contribution >= 0.6 is 23.2 Å². The number of methoxy groups -OCH3 is 2. The molecule has 0 unspecified atom stereocenters. The molecule has 2 aromatic heterocycles. The van der Waals surface area contributed by atoms with Gasteiger partial charge in [-0.2, -0.15) is 0 Å². The van der Waals surface area contributed by atoms with Crippen molar-refractivity contribution in [2.75, 3.05) is 27.4 Å². The number of nitrogens with zero attached hydrogens (tertiary/aromatic N) is 3. The van der Waals surface area contributed by atoms with E-state index in [4.69, 9.17) is 32.7 Å². The van der Waals surface area contributed by atoms with Crippen molar-refractivity contribution in [3.8, 4) is 5.75 Å². The van der Waals surface area contributed by atoms with Crippen LogP contribution in [0.25, 0.3) is 10.9 Å². The van der Waals surface area contributed by atoms with E-state index in [2.05, 4.69) is 15.0 Å². The number of rotatable bonds is 4. The van der Waals surface area contributed by atoms with Gasteiger partial charge in [-0.3, -0.25) is 4.79 Å². The largest absolute Gasteiger partial charge is 0.494 e. The smallest absolute Gasteiger partial charge is 0.292 e. The minimum Gasteiger partial charge on any atom is -0.494 e. The summed E-state index contributed by atoms with van der Waals surface area (Å²) in [7, 11) is 3.13. The summed E-state index contributed by atoms with van der Waals surface area (Å²) in [5, 5.41) is 1.89. The first-order valence-electron chi connectivity index (χ1n) is 8.69. The number of carbonyl (C=O) groups is 1. The molecule has 1 amide bonds. The Balaban J connectivity index is 1.77. The van der Waals surface area contributed by atoms with Gasteiger partial charge in [-0.05, 0) is 6.07 Å². The van der Waals surface area contributed by atoms with Gasteiger partial charge in [-0.25, -0.2) is 9.97 Å². The highest BCUT2D eigenvalue weighted by Crippen LogP contribution is 2.40. The first kappa shape index (κ1) is 19.0. The summed E-state index contributed by atoms with van der Waals surface area (Å²) in [6.45, 7) is 0.843. The Labute approximate surface area is 171 Å². The van der Waals surface area contributed by atoms with Gasteiger partial charge in [0.2, 0.25) is 5.82 Å². The zero-order valence-electron chi connectivity index (χ0n) is 15.3. The van der Waals surface area contributed by atoms with Crippen molar-refractivity contribution in [2.45, 2.75) is 12.5 Å². The summed E-state index contributed by atoms with van der Waals surface area (Å²) >= 11 is 12.6. The quantitative estimate of drug-likeness (QED) is 0.696. The number of H-pyrrole nitrogens is 1. The van der Waals surface area contributed by atoms with Crippen LogP contribution in [0.15, 0.2) is 24.5 Å². The Kier molecular flexibility index (Phi) is 5.14. The summed E-state index contributed by atoms with van der Waals surface area (Å²) in [5.41, 5.74) is 2.79. The highest BCUT2D eigenvalue weighted by Gasteiger charge is 2.35. The number of hydrogen-bond acceptors (Lipinski definition) is 5. The van der Waals surface area contributed by atoms with Gasteiger partial charge in [0.05, 0.1) is 47.7 Å². The Morgan fingerprint density at radius 3 is 2.71 bits per heavy atom. The highest BCUT2D eigenvalue weighted by molar-refractivity contribution is 6.45. The van der Waals surface area contributed by atoms with E-state index in [0.717, 1.165) is 22.2 Å². The van der Waals surface area contributed by atoms with Crippen LogP contribution in [0.3, 0.4) is 0 Å². The van der Waals surface area contributed by atoms with Crippen molar-refractivity contribution in [3.63, 3.8) is 0 Å². The van der Waals surface area contributed by atoms with Crippen molar-refractivity contribution < 1.29 is 14.3 Å². The SMILES string of the molecule is COC[C@H]1c2c([nH]c3c(Cl)c(Cl)ccc23)CCN1C(=O)c1ncc(OC)cn1. The van der Waals surface area contributed by atoms with Crippen molar-refractivity contribution in [1.29, 1.82) is 0 Å². The van der Waals surface area contributed by atoms with Gasteiger partial charge in [-0.15, -0.1) is 0 Å². The number of aromatic nitrogens is 3. The molecule has 7 nitrogen and oxygen atoms in total. The molecule has 9 heteroatoms. The average Bonchev–Trinajstić information content (AvgIpc) is 3.10. The summed E-state index contributed by atoms with van der Waals surface area (Å²) < 4.78 is 10.5. The molecule has 1 atom stereocenters. The lowest BCUT2D eigenvalue weighted by Gasteiger charge is -2.35. The number of nitrogens with one attached hydrogen (secondary N) is 1. The lowest BCUT2D eigenvalue weighted by molar-refractivity contribution is 0.0493. The van der Waals surface area contributed by atoms with Crippen molar-refractivity contribution in [2.24, 2.45) is 0 Å². The summed E-state index contributed by atoms with van der Waals surface area (Å²) in [6.07, 6.45) is 3.61. The van der Waals surface area contributed by atoms with Gasteiger partial charge in [0.25, 0.3) is 5.91 Å². The second-order valence-electron chi connectivity index (χ2n) is 6.47. The second-order valence-corrected chi connectivity index (χ2v) is 7.25. The fraction of sp³-hybridized carbons (Fsp3) is 0.316. The van der Waals surface area contributed by atoms with E-state index in [-0.39, 0.29) is 17.8 Å². The van der Waals surface area contributed by atoms with E-state index in [9.17, 15) is 4.79 Å². The number of fused-ring (bicyclic) bond motifs is 3. The molecular weight excluding hydrogens is 403 g/mol. The third-order valence-electron chi connectivity index (χ3n) is 4.94. The van der Waals surface area contributed by atoms with Crippen LogP contribution in [0, 0.1) is 0 Å². The lowest BCUT2D eigenvalue weighted by Crippen LogP contribution is -2.42. The summed E-state index contributed by atoms with van der Waals surface area (Å²) in [4.78, 5) is 26.5. The predicted molar refractivity (Wildman–Crippen MR) is 106 cm³/mol. The van der Waals surface area contributed by atoms with Crippen LogP contribution in [-0.4, -0.2) is 53.1 Å². The van der Waals surface area contributed by atoms with Gasteiger partial charge >= 0.3 is 0 Å². The van der Waals surface area contributed by atoms with Gasteiger partial charge in [0, 0.05) is 36.7 Å². The van der Waals surface area contributed by atoms with Crippen LogP contribution in [0.4, 0.5) is 0 Å². The molecule has 0 aliphatic carbocycles. The van der Waals surface area contributed by atoms with Crippen molar-refractivity contribution in [1.82, 2.24) is 19.9 Å². The third-order valence-corrected chi connectivity index (χ3v) is 5.74. The number of ether oxygens (including phenoxy) is 2. The Morgan fingerprint density at radius 1 is 1.29 bits per heavy atom. The zero-order chi connectivity index (χ0) is 19.8. The van der Waals surface area contributed by atoms with Crippen LogP contribution in [-0.2, 0) is 11.2 Å². The predicted octanol–water partition coefficient (Wildman–Crippen LogP) is 3.66. The fourth-order valence-corrected chi connectivity index (χ4v) is 4.00. The molecule has 0 fully saturated rings. The highest BCUT2D eigenvalue weighted by atomic mass is 35.5. The maximum Gasteiger partial charge on any atom is 0.292 e. The third kappa shape index (κ3) is 3.09. The van der Waals surface area contributed by atoms with E-state index in [0.29, 0.717) is 35.4 Å². The zero-order valence-corrected chi connectivity index (χ0v) is 16.8. The van der Waals surface area contributed by atoms with E-state index in [1.165, 1.54) is 19.5 Å². The van der Waals surface area contributed by atoms with Gasteiger partial charge in [0.1, 0.15) is 0 Å². The van der Waals surface area contributed by atoms with Gasteiger partial charge < -0.3 is 19.4 Å². The molecule has 1 aromatic carbocycles. The first-order valence-corrected chi connectivity index (χ1v) is 9.45. The topological polar surface area (TPSA) is 80.3 Å². The molecule has 0 radical (unpaired) electrons. The Bertz CT molecular complexity index is 1040. The van der Waals surface area contributed by atoms with E-state index >= 15 is 0 Å². The van der Waals surface area contributed by atoms with Crippen LogP contribution in [0.5, 0.6) is 5.75 Å². The van der Waals surface area contributed by atoms with E-state index in [1.54, 1.807) is 18.1 Å². The van der Waals surface area contributed by atoms with Crippen LogP contribution in [0.2, 0.25) is 10.0 Å². The lowest BCUT2D eigenvalue weighted by atomic mass is 9.96. The number of hydrogen-bond donors (Lipinski definition) is 1. The molecule has 3 heterocycles. The van der Waals surface area contributed by atoms with Gasteiger partial charge in [0.15, 0.2) is 5.75 Å². The Hall–Kier alpha value is -2.35. The number of amides is 1. The molecule has 3 aromatic rings. The van der Waals surface area contributed by atoms with Crippen molar-refractivity contribution >= 4 is 40.0 Å². The minimum absolute atomic E-state index is 0.117. The van der Waals surface area contributed by atoms with Crippen molar-refractivity contribution in [3.05, 3.63) is 51.7 Å². The normalized spacial score (nSPS) is 16.3. The monoisotopic (exact) mass is 420 g/mol. The molecular formula is C19H18Cl2N4O3. The molecule has 0 spiro atoms. The maximum atomic E-state index is 13.1. The fourth-order valence-electron chi connectivity index (χ4n) is 3.63.